The molecule has 0 bridgehead atoms. The van der Waals surface area contributed by atoms with Gasteiger partial charge < -0.3 is 4.74 Å². The lowest BCUT2D eigenvalue weighted by molar-refractivity contribution is 0.402. The number of benzene rings is 2. The number of rotatable bonds is 6. The molecule has 0 fully saturated rings. The Labute approximate surface area is 141 Å². The molecule has 0 amide bonds. The summed E-state index contributed by atoms with van der Waals surface area (Å²) >= 11 is 0. The summed E-state index contributed by atoms with van der Waals surface area (Å²) in [6.45, 7) is 1.79. The van der Waals surface area contributed by atoms with Crippen molar-refractivity contribution in [3.63, 3.8) is 0 Å². The van der Waals surface area contributed by atoms with Gasteiger partial charge in [0.05, 0.1) is 12.0 Å². The zero-order chi connectivity index (χ0) is 18.0. The van der Waals surface area contributed by atoms with E-state index >= 15 is 0 Å². The van der Waals surface area contributed by atoms with Crippen LogP contribution in [-0.4, -0.2) is 23.9 Å². The fourth-order valence-electron chi connectivity index (χ4n) is 2.05. The van der Waals surface area contributed by atoms with Crippen LogP contribution in [0, 0.1) is 6.92 Å². The lowest BCUT2D eigenvalue weighted by Crippen LogP contribution is -2.24. The molecule has 0 heterocycles. The maximum Gasteiger partial charge on any atom is 0.244 e. The molecule has 0 spiro atoms. The summed E-state index contributed by atoms with van der Waals surface area (Å²) < 4.78 is 54.9. The van der Waals surface area contributed by atoms with Gasteiger partial charge in [0.2, 0.25) is 20.0 Å². The molecule has 0 radical (unpaired) electrons. The van der Waals surface area contributed by atoms with E-state index in [1.54, 1.807) is 19.1 Å². The molecule has 3 N–H and O–H groups in total. The molecule has 0 aliphatic heterocycles. The van der Waals surface area contributed by atoms with Crippen LogP contribution in [-0.2, 0) is 26.6 Å². The Morgan fingerprint density at radius 1 is 1.04 bits per heavy atom. The van der Waals surface area contributed by atoms with Gasteiger partial charge in [-0.2, -0.15) is 0 Å². The number of aryl methyl sites for hydroxylation is 1. The lowest BCUT2D eigenvalue weighted by Gasteiger charge is -2.11. The van der Waals surface area contributed by atoms with Crippen molar-refractivity contribution in [1.82, 2.24) is 4.72 Å². The third-order valence-corrected chi connectivity index (χ3v) is 5.68. The van der Waals surface area contributed by atoms with Crippen molar-refractivity contribution in [3.8, 4) is 5.75 Å². The molecule has 0 unspecified atom stereocenters. The zero-order valence-corrected chi connectivity index (χ0v) is 14.8. The third-order valence-electron chi connectivity index (χ3n) is 3.33. The number of methoxy groups -OCH3 is 1. The topological polar surface area (TPSA) is 116 Å². The van der Waals surface area contributed by atoms with E-state index < -0.39 is 20.0 Å². The van der Waals surface area contributed by atoms with Crippen molar-refractivity contribution in [2.75, 3.05) is 7.11 Å². The molecule has 24 heavy (non-hydrogen) atoms. The van der Waals surface area contributed by atoms with Crippen molar-refractivity contribution in [1.29, 1.82) is 0 Å². The van der Waals surface area contributed by atoms with Gasteiger partial charge in [-0.25, -0.2) is 26.7 Å². The average Bonchev–Trinajstić information content (AvgIpc) is 2.52. The lowest BCUT2D eigenvalue weighted by atomic mass is 10.2. The highest BCUT2D eigenvalue weighted by molar-refractivity contribution is 7.89. The Balaban J connectivity index is 2.20. The highest BCUT2D eigenvalue weighted by atomic mass is 32.2. The summed E-state index contributed by atoms with van der Waals surface area (Å²) in [6.07, 6.45) is 0. The molecule has 0 atom stereocenters. The quantitative estimate of drug-likeness (QED) is 0.791. The number of nitrogens with one attached hydrogen (secondary N) is 1. The van der Waals surface area contributed by atoms with E-state index in [1.165, 1.54) is 37.4 Å². The van der Waals surface area contributed by atoms with Crippen LogP contribution in [0.1, 0.15) is 11.1 Å². The monoisotopic (exact) mass is 370 g/mol. The van der Waals surface area contributed by atoms with E-state index in [1.807, 2.05) is 0 Å². The number of hydrogen-bond donors (Lipinski definition) is 2. The first-order chi connectivity index (χ1) is 11.1. The van der Waals surface area contributed by atoms with Crippen LogP contribution in [0.4, 0.5) is 0 Å². The highest BCUT2D eigenvalue weighted by Gasteiger charge is 2.19. The number of sulfonamides is 2. The highest BCUT2D eigenvalue weighted by Crippen LogP contribution is 2.24. The van der Waals surface area contributed by atoms with E-state index in [4.69, 9.17) is 9.88 Å². The SMILES string of the molecule is COc1ccc(C)cc1S(=O)(=O)NCc1ccc(S(N)(=O)=O)cc1. The molecule has 2 rings (SSSR count). The fourth-order valence-corrected chi connectivity index (χ4v) is 3.83. The molecule has 7 nitrogen and oxygen atoms in total. The summed E-state index contributed by atoms with van der Waals surface area (Å²) in [5, 5.41) is 5.02. The molecule has 0 saturated heterocycles. The van der Waals surface area contributed by atoms with Crippen LogP contribution in [0.3, 0.4) is 0 Å². The maximum atomic E-state index is 12.5. The number of nitrogens with two attached hydrogens (primary N) is 1. The van der Waals surface area contributed by atoms with Gasteiger partial charge in [-0.1, -0.05) is 18.2 Å². The molecule has 2 aromatic carbocycles. The van der Waals surface area contributed by atoms with Crippen LogP contribution in [0.2, 0.25) is 0 Å². The Morgan fingerprint density at radius 3 is 2.21 bits per heavy atom. The standard InChI is InChI=1S/C15H18N2O5S2/c1-11-3-8-14(22-2)15(9-11)24(20,21)17-10-12-4-6-13(7-5-12)23(16,18)19/h3-9,17H,10H2,1-2H3,(H2,16,18,19). The Bertz CT molecular complexity index is 936. The molecule has 130 valence electrons. The van der Waals surface area contributed by atoms with E-state index in [-0.39, 0.29) is 22.1 Å². The second-order valence-corrected chi connectivity index (χ2v) is 8.46. The van der Waals surface area contributed by atoms with Gasteiger partial charge in [0, 0.05) is 6.54 Å². The molecular weight excluding hydrogens is 352 g/mol. The average molecular weight is 370 g/mol. The van der Waals surface area contributed by atoms with E-state index in [0.29, 0.717) is 5.56 Å². The first-order valence-electron chi connectivity index (χ1n) is 6.89. The van der Waals surface area contributed by atoms with Crippen molar-refractivity contribution in [3.05, 3.63) is 53.6 Å². The van der Waals surface area contributed by atoms with E-state index in [0.717, 1.165) is 5.56 Å². The van der Waals surface area contributed by atoms with Crippen molar-refractivity contribution >= 4 is 20.0 Å². The first-order valence-corrected chi connectivity index (χ1v) is 9.92. The molecule has 2 aromatic rings. The van der Waals surface area contributed by atoms with Gasteiger partial charge in [0.15, 0.2) is 0 Å². The maximum absolute atomic E-state index is 12.5. The molecular formula is C15H18N2O5S2. The minimum absolute atomic E-state index is 0.00429. The molecule has 9 heteroatoms. The zero-order valence-electron chi connectivity index (χ0n) is 13.2. The van der Waals surface area contributed by atoms with Crippen LogP contribution in [0.5, 0.6) is 5.75 Å². The summed E-state index contributed by atoms with van der Waals surface area (Å²) in [7, 11) is -6.16. The third kappa shape index (κ3) is 4.32. The second-order valence-electron chi connectivity index (χ2n) is 5.17. The normalized spacial score (nSPS) is 12.1. The van der Waals surface area contributed by atoms with E-state index in [2.05, 4.69) is 4.72 Å². The molecule has 0 aliphatic carbocycles. The van der Waals surface area contributed by atoms with Crippen LogP contribution < -0.4 is 14.6 Å². The van der Waals surface area contributed by atoms with Crippen LogP contribution in [0.25, 0.3) is 0 Å². The Kier molecular flexibility index (Phi) is 5.29. The summed E-state index contributed by atoms with van der Waals surface area (Å²) in [5.74, 6) is 0.248. The van der Waals surface area contributed by atoms with Crippen LogP contribution in [0.15, 0.2) is 52.3 Å². The van der Waals surface area contributed by atoms with Gasteiger partial charge in [0.25, 0.3) is 0 Å². The van der Waals surface area contributed by atoms with Crippen LogP contribution >= 0.6 is 0 Å². The summed E-state index contributed by atoms with van der Waals surface area (Å²) in [6, 6.07) is 10.5. The predicted octanol–water partition coefficient (Wildman–Crippen LogP) is 1.13. The summed E-state index contributed by atoms with van der Waals surface area (Å²) in [4.78, 5) is 0.0145. The van der Waals surface area contributed by atoms with Crippen molar-refractivity contribution in [2.24, 2.45) is 5.14 Å². The van der Waals surface area contributed by atoms with Gasteiger partial charge in [0.1, 0.15) is 10.6 Å². The number of ether oxygens (including phenoxy) is 1. The van der Waals surface area contributed by atoms with Gasteiger partial charge in [-0.3, -0.25) is 0 Å². The molecule has 0 saturated carbocycles. The second kappa shape index (κ2) is 6.89. The Hall–Kier alpha value is -1.94. The minimum Gasteiger partial charge on any atom is -0.495 e. The van der Waals surface area contributed by atoms with Crippen molar-refractivity contribution < 1.29 is 21.6 Å². The minimum atomic E-state index is -3.78. The Morgan fingerprint density at radius 2 is 1.67 bits per heavy atom. The smallest absolute Gasteiger partial charge is 0.244 e. The van der Waals surface area contributed by atoms with Crippen molar-refractivity contribution in [2.45, 2.75) is 23.3 Å². The molecule has 0 aliphatic rings. The largest absolute Gasteiger partial charge is 0.495 e. The van der Waals surface area contributed by atoms with Gasteiger partial charge >= 0.3 is 0 Å². The molecule has 0 aromatic heterocycles. The number of primary sulfonamides is 1. The fraction of sp³-hybridized carbons (Fsp3) is 0.200. The summed E-state index contributed by atoms with van der Waals surface area (Å²) in [5.41, 5.74) is 1.38. The van der Waals surface area contributed by atoms with Gasteiger partial charge in [-0.05, 0) is 42.3 Å². The predicted molar refractivity (Wildman–Crippen MR) is 89.6 cm³/mol. The number of hydrogen-bond acceptors (Lipinski definition) is 5. The first kappa shape index (κ1) is 18.4. The van der Waals surface area contributed by atoms with E-state index in [9.17, 15) is 16.8 Å². The van der Waals surface area contributed by atoms with Gasteiger partial charge in [-0.15, -0.1) is 0 Å².